The van der Waals surface area contributed by atoms with Crippen molar-refractivity contribution in [1.82, 2.24) is 4.90 Å². The van der Waals surface area contributed by atoms with Gasteiger partial charge in [-0.1, -0.05) is 35.9 Å². The summed E-state index contributed by atoms with van der Waals surface area (Å²) in [4.78, 5) is 2.03. The van der Waals surface area contributed by atoms with Gasteiger partial charge in [0.2, 0.25) is 9.84 Å². The van der Waals surface area contributed by atoms with Crippen LogP contribution in [0.5, 0.6) is 0 Å². The number of anilines is 1. The number of aryl methyl sites for hydroxylation is 1. The van der Waals surface area contributed by atoms with Crippen LogP contribution in [0.15, 0.2) is 75.7 Å². The monoisotopic (exact) mass is 343 g/mol. The van der Waals surface area contributed by atoms with Gasteiger partial charge < -0.3 is 4.90 Å². The number of benzene rings is 2. The molecule has 0 aliphatic carbocycles. The minimum atomic E-state index is -3.64. The lowest BCUT2D eigenvalue weighted by molar-refractivity contribution is 0.560. The fourth-order valence-electron chi connectivity index (χ4n) is 1.96. The first-order valence-corrected chi connectivity index (χ1v) is 8.92. The summed E-state index contributed by atoms with van der Waals surface area (Å²) < 4.78 is 25.6. The van der Waals surface area contributed by atoms with E-state index in [1.807, 2.05) is 37.3 Å². The van der Waals surface area contributed by atoms with Crippen LogP contribution in [0, 0.1) is 6.92 Å². The Labute approximate surface area is 143 Å². The highest BCUT2D eigenvalue weighted by Gasteiger charge is 2.19. The van der Waals surface area contributed by atoms with E-state index in [0.717, 1.165) is 11.3 Å². The molecule has 5 nitrogen and oxygen atoms in total. The smallest absolute Gasteiger partial charge is 0.209 e. The second kappa shape index (κ2) is 7.79. The normalized spacial score (nSPS) is 12.4. The van der Waals surface area contributed by atoms with Crippen LogP contribution in [0.25, 0.3) is 0 Å². The molecule has 0 saturated heterocycles. The molecule has 24 heavy (non-hydrogen) atoms. The van der Waals surface area contributed by atoms with Crippen molar-refractivity contribution in [1.29, 1.82) is 0 Å². The number of sulfone groups is 1. The summed E-state index contributed by atoms with van der Waals surface area (Å²) >= 11 is 0. The van der Waals surface area contributed by atoms with Crippen LogP contribution in [0.4, 0.5) is 5.69 Å². The van der Waals surface area contributed by atoms with Gasteiger partial charge in [0.1, 0.15) is 4.91 Å². The summed E-state index contributed by atoms with van der Waals surface area (Å²) in [5.74, 6) is 0. The van der Waals surface area contributed by atoms with Crippen molar-refractivity contribution in [3.8, 4) is 0 Å². The average Bonchev–Trinajstić information content (AvgIpc) is 2.55. The molecule has 0 unspecified atom stereocenters. The summed E-state index contributed by atoms with van der Waals surface area (Å²) in [6.45, 7) is 1.91. The molecule has 0 spiro atoms. The highest BCUT2D eigenvalue weighted by molar-refractivity contribution is 7.96. The van der Waals surface area contributed by atoms with Gasteiger partial charge in [-0.15, -0.1) is 0 Å². The molecule has 0 aromatic heterocycles. The Morgan fingerprint density at radius 1 is 1.04 bits per heavy atom. The van der Waals surface area contributed by atoms with Crippen molar-refractivity contribution in [2.45, 2.75) is 11.8 Å². The molecule has 126 valence electrons. The largest absolute Gasteiger partial charge is 0.382 e. The molecule has 0 aliphatic rings. The minimum Gasteiger partial charge on any atom is -0.382 e. The van der Waals surface area contributed by atoms with E-state index < -0.39 is 9.84 Å². The van der Waals surface area contributed by atoms with Crippen molar-refractivity contribution in [2.24, 2.45) is 5.10 Å². The lowest BCUT2D eigenvalue weighted by atomic mass is 10.2. The van der Waals surface area contributed by atoms with Crippen LogP contribution in [-0.4, -0.2) is 33.6 Å². The van der Waals surface area contributed by atoms with Gasteiger partial charge in [-0.05, 0) is 31.2 Å². The molecule has 0 heterocycles. The van der Waals surface area contributed by atoms with Crippen LogP contribution in [-0.2, 0) is 9.84 Å². The highest BCUT2D eigenvalue weighted by Crippen LogP contribution is 2.19. The molecular weight excluding hydrogens is 322 g/mol. The molecule has 0 atom stereocenters. The second-order valence-corrected chi connectivity index (χ2v) is 7.50. The topological polar surface area (TPSA) is 61.8 Å². The van der Waals surface area contributed by atoms with Gasteiger partial charge in [0, 0.05) is 20.3 Å². The Morgan fingerprint density at radius 2 is 1.67 bits per heavy atom. The van der Waals surface area contributed by atoms with E-state index in [2.05, 4.69) is 10.5 Å². The van der Waals surface area contributed by atoms with Gasteiger partial charge in [-0.2, -0.15) is 5.10 Å². The maximum absolute atomic E-state index is 12.8. The van der Waals surface area contributed by atoms with Crippen molar-refractivity contribution >= 4 is 21.7 Å². The fraction of sp³-hybridized carbons (Fsp3) is 0.167. The maximum atomic E-state index is 12.8. The average molecular weight is 343 g/mol. The van der Waals surface area contributed by atoms with E-state index in [0.29, 0.717) is 0 Å². The fourth-order valence-corrected chi connectivity index (χ4v) is 3.27. The molecule has 0 amide bonds. The van der Waals surface area contributed by atoms with Crippen LogP contribution < -0.4 is 5.43 Å². The molecule has 0 aliphatic heterocycles. The Hall–Kier alpha value is -2.60. The number of hydrogen-bond acceptors (Lipinski definition) is 5. The molecule has 2 aromatic rings. The van der Waals surface area contributed by atoms with Crippen LogP contribution >= 0.6 is 0 Å². The lowest BCUT2D eigenvalue weighted by Gasteiger charge is -2.10. The number of allylic oxidation sites excluding steroid dienone is 1. The molecule has 0 saturated carbocycles. The zero-order valence-electron chi connectivity index (χ0n) is 14.0. The molecule has 6 heteroatoms. The summed E-state index contributed by atoms with van der Waals surface area (Å²) in [6, 6.07) is 16.1. The predicted octanol–water partition coefficient (Wildman–Crippen LogP) is 3.27. The van der Waals surface area contributed by atoms with Crippen LogP contribution in [0.1, 0.15) is 5.56 Å². The number of nitrogens with zero attached hydrogens (tertiary/aromatic N) is 2. The quantitative estimate of drug-likeness (QED) is 0.646. The zero-order chi connectivity index (χ0) is 17.6. The molecule has 1 N–H and O–H groups in total. The third kappa shape index (κ3) is 4.70. The molecule has 0 fully saturated rings. The maximum Gasteiger partial charge on any atom is 0.209 e. The number of para-hydroxylation sites is 1. The summed E-state index contributed by atoms with van der Waals surface area (Å²) in [7, 11) is -0.103. The first-order chi connectivity index (χ1) is 11.4. The van der Waals surface area contributed by atoms with Gasteiger partial charge >= 0.3 is 0 Å². The van der Waals surface area contributed by atoms with Crippen LogP contribution in [0.3, 0.4) is 0 Å². The minimum absolute atomic E-state index is 0.111. The van der Waals surface area contributed by atoms with Gasteiger partial charge in [0.15, 0.2) is 0 Å². The first-order valence-electron chi connectivity index (χ1n) is 7.44. The van der Waals surface area contributed by atoms with E-state index in [1.165, 1.54) is 12.4 Å². The predicted molar refractivity (Wildman–Crippen MR) is 98.7 cm³/mol. The van der Waals surface area contributed by atoms with E-state index >= 15 is 0 Å². The summed E-state index contributed by atoms with van der Waals surface area (Å²) in [6.07, 6.45) is 2.85. The molecular formula is C18H21N3O2S. The number of hydrogen-bond donors (Lipinski definition) is 1. The van der Waals surface area contributed by atoms with E-state index in [1.54, 1.807) is 43.3 Å². The zero-order valence-corrected chi connectivity index (χ0v) is 14.8. The van der Waals surface area contributed by atoms with E-state index in [9.17, 15) is 8.42 Å². The van der Waals surface area contributed by atoms with Gasteiger partial charge in [-0.25, -0.2) is 8.42 Å². The Bertz CT molecular complexity index is 824. The van der Waals surface area contributed by atoms with Crippen LogP contribution in [0.2, 0.25) is 0 Å². The number of nitrogens with one attached hydrogen (secondary N) is 1. The van der Waals surface area contributed by atoms with Gasteiger partial charge in [0.05, 0.1) is 16.8 Å². The molecule has 0 bridgehead atoms. The summed E-state index contributed by atoms with van der Waals surface area (Å²) in [5.41, 5.74) is 4.62. The number of rotatable bonds is 6. The van der Waals surface area contributed by atoms with Crippen molar-refractivity contribution < 1.29 is 8.42 Å². The highest BCUT2D eigenvalue weighted by atomic mass is 32.2. The van der Waals surface area contributed by atoms with E-state index in [-0.39, 0.29) is 9.80 Å². The Kier molecular flexibility index (Phi) is 5.76. The van der Waals surface area contributed by atoms with Crippen molar-refractivity contribution in [2.75, 3.05) is 19.5 Å². The molecule has 0 radical (unpaired) electrons. The molecule has 2 rings (SSSR count). The third-order valence-electron chi connectivity index (χ3n) is 3.19. The van der Waals surface area contributed by atoms with Gasteiger partial charge in [-0.3, -0.25) is 5.43 Å². The molecule has 2 aromatic carbocycles. The van der Waals surface area contributed by atoms with Gasteiger partial charge in [0.25, 0.3) is 0 Å². The second-order valence-electron chi connectivity index (χ2n) is 5.55. The Balaban J connectivity index is 2.29. The Morgan fingerprint density at radius 3 is 2.25 bits per heavy atom. The number of hydrazone groups is 1. The lowest BCUT2D eigenvalue weighted by Crippen LogP contribution is -2.12. The standard InChI is InChI=1S/C18H21N3O2S/c1-15-9-11-17(12-10-15)24(22,23)18(14-21(2)3)13-19-20-16-7-5-4-6-8-16/h4-14,20H,1-3H3/b18-14-,19-13+. The van der Waals surface area contributed by atoms with Crippen molar-refractivity contribution in [3.05, 3.63) is 71.3 Å². The third-order valence-corrected chi connectivity index (χ3v) is 4.91. The SMILES string of the molecule is Cc1ccc(S(=O)(=O)C(=C\N(C)C)/C=N/Nc2ccccc2)cc1. The van der Waals surface area contributed by atoms with Crippen molar-refractivity contribution in [3.63, 3.8) is 0 Å². The first kappa shape index (κ1) is 17.7. The van der Waals surface area contributed by atoms with E-state index in [4.69, 9.17) is 0 Å². The summed E-state index contributed by atoms with van der Waals surface area (Å²) in [5, 5.41) is 4.06.